The molecule has 1 aliphatic rings. The van der Waals surface area contributed by atoms with Gasteiger partial charge >= 0.3 is 0 Å². The molecule has 0 spiro atoms. The smallest absolute Gasteiger partial charge is 0.224 e. The standard InChI is InChI=1S/C20H23N3O4/c1-26-19-6-4-16(23-9-11-27-12-10-23)13-17(19)22-20(25)7-5-18(24)15-3-2-8-21-14-15/h2-4,6,8,13-14H,5,7,9-12H2,1H3,(H,22,25). The van der Waals surface area contributed by atoms with Gasteiger partial charge in [-0.2, -0.15) is 0 Å². The predicted octanol–water partition coefficient (Wildman–Crippen LogP) is 2.53. The number of nitrogens with one attached hydrogen (secondary N) is 1. The van der Waals surface area contributed by atoms with E-state index in [1.807, 2.05) is 18.2 Å². The second-order valence-electron chi connectivity index (χ2n) is 6.20. The number of ether oxygens (including phenoxy) is 2. The quantitative estimate of drug-likeness (QED) is 0.756. The molecule has 0 bridgehead atoms. The molecule has 1 aliphatic heterocycles. The van der Waals surface area contributed by atoms with Gasteiger partial charge in [0.1, 0.15) is 5.75 Å². The Bertz CT molecular complexity index is 789. The number of nitrogens with zero attached hydrogens (tertiary/aromatic N) is 2. The molecule has 1 N–H and O–H groups in total. The normalized spacial score (nSPS) is 13.9. The van der Waals surface area contributed by atoms with Crippen LogP contribution in [0.15, 0.2) is 42.7 Å². The van der Waals surface area contributed by atoms with E-state index in [0.717, 1.165) is 18.8 Å². The molecule has 0 saturated carbocycles. The number of hydrogen-bond acceptors (Lipinski definition) is 6. The van der Waals surface area contributed by atoms with Crippen molar-refractivity contribution in [2.45, 2.75) is 12.8 Å². The monoisotopic (exact) mass is 369 g/mol. The van der Waals surface area contributed by atoms with E-state index in [2.05, 4.69) is 15.2 Å². The highest BCUT2D eigenvalue weighted by Gasteiger charge is 2.15. The third-order valence-electron chi connectivity index (χ3n) is 4.40. The van der Waals surface area contributed by atoms with Crippen LogP contribution in [0.5, 0.6) is 5.75 Å². The minimum atomic E-state index is -0.232. The van der Waals surface area contributed by atoms with Gasteiger partial charge in [-0.1, -0.05) is 0 Å². The fourth-order valence-electron chi connectivity index (χ4n) is 2.92. The van der Waals surface area contributed by atoms with Gasteiger partial charge in [0.2, 0.25) is 5.91 Å². The number of aromatic nitrogens is 1. The Balaban J connectivity index is 1.62. The maximum atomic E-state index is 12.3. The van der Waals surface area contributed by atoms with Crippen molar-refractivity contribution in [3.63, 3.8) is 0 Å². The lowest BCUT2D eigenvalue weighted by Crippen LogP contribution is -2.36. The molecule has 0 radical (unpaired) electrons. The molecule has 2 aromatic rings. The zero-order chi connectivity index (χ0) is 19.1. The Morgan fingerprint density at radius 2 is 2.04 bits per heavy atom. The van der Waals surface area contributed by atoms with Crippen LogP contribution >= 0.6 is 0 Å². The highest BCUT2D eigenvalue weighted by molar-refractivity contribution is 6.00. The molecule has 0 unspecified atom stereocenters. The topological polar surface area (TPSA) is 80.8 Å². The van der Waals surface area contributed by atoms with Gasteiger partial charge < -0.3 is 19.7 Å². The van der Waals surface area contributed by atoms with Gasteiger partial charge in [0.25, 0.3) is 0 Å². The number of rotatable bonds is 7. The fraction of sp³-hybridized carbons (Fsp3) is 0.350. The zero-order valence-corrected chi connectivity index (χ0v) is 15.3. The lowest BCUT2D eigenvalue weighted by atomic mass is 10.1. The number of carbonyl (C=O) groups is 2. The van der Waals surface area contributed by atoms with E-state index in [1.165, 1.54) is 6.20 Å². The summed E-state index contributed by atoms with van der Waals surface area (Å²) in [5, 5.41) is 2.86. The van der Waals surface area contributed by atoms with Crippen LogP contribution < -0.4 is 15.0 Å². The third kappa shape index (κ3) is 5.04. The minimum Gasteiger partial charge on any atom is -0.495 e. The van der Waals surface area contributed by atoms with Crippen molar-refractivity contribution in [2.75, 3.05) is 43.6 Å². The molecule has 1 amide bonds. The number of benzene rings is 1. The molecular formula is C20H23N3O4. The Hall–Kier alpha value is -2.93. The Kier molecular flexibility index (Phi) is 6.38. The van der Waals surface area contributed by atoms with Crippen molar-refractivity contribution in [3.05, 3.63) is 48.3 Å². The molecular weight excluding hydrogens is 346 g/mol. The predicted molar refractivity (Wildman–Crippen MR) is 102 cm³/mol. The third-order valence-corrected chi connectivity index (χ3v) is 4.40. The van der Waals surface area contributed by atoms with Crippen LogP contribution in [0.3, 0.4) is 0 Å². The first kappa shape index (κ1) is 18.8. The minimum absolute atomic E-state index is 0.0959. The summed E-state index contributed by atoms with van der Waals surface area (Å²) in [6.45, 7) is 2.98. The van der Waals surface area contributed by atoms with Crippen LogP contribution in [0.25, 0.3) is 0 Å². The van der Waals surface area contributed by atoms with Gasteiger partial charge in [-0.05, 0) is 30.3 Å². The fourth-order valence-corrected chi connectivity index (χ4v) is 2.92. The largest absolute Gasteiger partial charge is 0.495 e. The van der Waals surface area contributed by atoms with Crippen LogP contribution in [0.2, 0.25) is 0 Å². The average molecular weight is 369 g/mol. The van der Waals surface area contributed by atoms with Crippen LogP contribution in [0, 0.1) is 0 Å². The van der Waals surface area contributed by atoms with Gasteiger partial charge in [-0.15, -0.1) is 0 Å². The second kappa shape index (κ2) is 9.14. The van der Waals surface area contributed by atoms with Crippen LogP contribution in [0.4, 0.5) is 11.4 Å². The van der Waals surface area contributed by atoms with Gasteiger partial charge in [-0.25, -0.2) is 0 Å². The maximum Gasteiger partial charge on any atom is 0.224 e. The number of amides is 1. The summed E-state index contributed by atoms with van der Waals surface area (Å²) in [6.07, 6.45) is 3.34. The van der Waals surface area contributed by atoms with E-state index in [9.17, 15) is 9.59 Å². The Morgan fingerprint density at radius 1 is 1.22 bits per heavy atom. The number of morpholine rings is 1. The zero-order valence-electron chi connectivity index (χ0n) is 15.3. The van der Waals surface area contributed by atoms with Crippen molar-refractivity contribution < 1.29 is 19.1 Å². The first-order chi connectivity index (χ1) is 13.2. The number of hydrogen-bond donors (Lipinski definition) is 1. The summed E-state index contributed by atoms with van der Waals surface area (Å²) >= 11 is 0. The lowest BCUT2D eigenvalue weighted by molar-refractivity contribution is -0.116. The number of carbonyl (C=O) groups excluding carboxylic acids is 2. The SMILES string of the molecule is COc1ccc(N2CCOCC2)cc1NC(=O)CCC(=O)c1cccnc1. The van der Waals surface area contributed by atoms with E-state index in [4.69, 9.17) is 9.47 Å². The molecule has 3 rings (SSSR count). The molecule has 2 heterocycles. The van der Waals surface area contributed by atoms with Crippen LogP contribution in [0.1, 0.15) is 23.2 Å². The van der Waals surface area contributed by atoms with Crippen molar-refractivity contribution in [3.8, 4) is 5.75 Å². The van der Waals surface area contributed by atoms with Crippen molar-refractivity contribution >= 4 is 23.1 Å². The molecule has 1 aromatic carbocycles. The Labute approximate surface area is 158 Å². The first-order valence-corrected chi connectivity index (χ1v) is 8.91. The van der Waals surface area contributed by atoms with Gasteiger partial charge in [0.15, 0.2) is 5.78 Å². The molecule has 1 aromatic heterocycles. The van der Waals surface area contributed by atoms with Gasteiger partial charge in [0.05, 0.1) is 26.0 Å². The molecule has 1 fully saturated rings. The highest BCUT2D eigenvalue weighted by atomic mass is 16.5. The van der Waals surface area contributed by atoms with Crippen LogP contribution in [-0.2, 0) is 9.53 Å². The highest BCUT2D eigenvalue weighted by Crippen LogP contribution is 2.30. The molecule has 7 heteroatoms. The van der Waals surface area contributed by atoms with E-state index in [-0.39, 0.29) is 24.5 Å². The molecule has 27 heavy (non-hydrogen) atoms. The van der Waals surface area contributed by atoms with E-state index in [0.29, 0.717) is 30.2 Å². The number of Topliss-reactive ketones (excluding diaryl/α,β-unsaturated/α-hetero) is 1. The first-order valence-electron chi connectivity index (χ1n) is 8.91. The number of pyridine rings is 1. The summed E-state index contributed by atoms with van der Waals surface area (Å²) in [5.41, 5.74) is 2.11. The molecule has 0 aliphatic carbocycles. The lowest BCUT2D eigenvalue weighted by Gasteiger charge is -2.29. The summed E-state index contributed by atoms with van der Waals surface area (Å²) in [6, 6.07) is 9.09. The van der Waals surface area contributed by atoms with Crippen LogP contribution in [-0.4, -0.2) is 50.1 Å². The van der Waals surface area contributed by atoms with E-state index < -0.39 is 0 Å². The molecule has 1 saturated heterocycles. The number of ketones is 1. The average Bonchev–Trinajstić information content (AvgIpc) is 2.73. The summed E-state index contributed by atoms with van der Waals surface area (Å²) in [7, 11) is 1.56. The van der Waals surface area contributed by atoms with E-state index in [1.54, 1.807) is 25.4 Å². The van der Waals surface area contributed by atoms with Gasteiger partial charge in [-0.3, -0.25) is 14.6 Å². The second-order valence-corrected chi connectivity index (χ2v) is 6.20. The number of methoxy groups -OCH3 is 1. The molecule has 7 nitrogen and oxygen atoms in total. The van der Waals surface area contributed by atoms with Crippen molar-refractivity contribution in [2.24, 2.45) is 0 Å². The van der Waals surface area contributed by atoms with Crippen molar-refractivity contribution in [1.82, 2.24) is 4.98 Å². The summed E-state index contributed by atoms with van der Waals surface area (Å²) in [4.78, 5) is 30.6. The van der Waals surface area contributed by atoms with Crippen molar-refractivity contribution in [1.29, 1.82) is 0 Å². The molecule has 0 atom stereocenters. The molecule has 142 valence electrons. The summed E-state index contributed by atoms with van der Waals surface area (Å²) < 4.78 is 10.7. The summed E-state index contributed by atoms with van der Waals surface area (Å²) in [5.74, 6) is 0.246. The number of anilines is 2. The van der Waals surface area contributed by atoms with E-state index >= 15 is 0 Å². The van der Waals surface area contributed by atoms with Gasteiger partial charge in [0, 0.05) is 49.6 Å². The maximum absolute atomic E-state index is 12.3. The Morgan fingerprint density at radius 3 is 2.74 bits per heavy atom.